The van der Waals surface area contributed by atoms with Gasteiger partial charge in [-0.3, -0.25) is 4.72 Å². The third kappa shape index (κ3) is 5.38. The Balaban J connectivity index is 1.80. The van der Waals surface area contributed by atoms with E-state index in [2.05, 4.69) is 10.0 Å². The second kappa shape index (κ2) is 6.95. The van der Waals surface area contributed by atoms with E-state index in [1.54, 1.807) is 24.3 Å². The highest BCUT2D eigenvalue weighted by atomic mass is 32.2. The predicted octanol–water partition coefficient (Wildman–Crippen LogP) is 1.97. The highest BCUT2D eigenvalue weighted by molar-refractivity contribution is 7.92. The number of hydrogen-bond acceptors (Lipinski definition) is 4. The molecule has 0 bridgehead atoms. The van der Waals surface area contributed by atoms with Gasteiger partial charge in [-0.25, -0.2) is 8.42 Å². The standard InChI is InChI=1S/C14H22N2O3S/c1-2-10-19-14-7-5-13(6-8-14)16-20(17,18)11-9-15-12-3-4-12/h5-8,12,15-16H,2-4,9-11H2,1H3. The molecule has 20 heavy (non-hydrogen) atoms. The fourth-order valence-electron chi connectivity index (χ4n) is 1.75. The number of nitrogens with one attached hydrogen (secondary N) is 2. The zero-order valence-corrected chi connectivity index (χ0v) is 12.6. The Labute approximate surface area is 120 Å². The first-order chi connectivity index (χ1) is 9.59. The highest BCUT2D eigenvalue weighted by Crippen LogP contribution is 2.19. The lowest BCUT2D eigenvalue weighted by molar-refractivity contribution is 0.317. The summed E-state index contributed by atoms with van der Waals surface area (Å²) in [5.41, 5.74) is 0.570. The Morgan fingerprint density at radius 3 is 2.55 bits per heavy atom. The Morgan fingerprint density at radius 2 is 1.95 bits per heavy atom. The molecule has 0 heterocycles. The molecule has 0 spiro atoms. The first-order valence-corrected chi connectivity index (χ1v) is 8.71. The van der Waals surface area contributed by atoms with Gasteiger partial charge in [0, 0.05) is 18.3 Å². The number of ether oxygens (including phenoxy) is 1. The minimum Gasteiger partial charge on any atom is -0.494 e. The zero-order chi connectivity index (χ0) is 14.4. The molecule has 1 aromatic carbocycles. The average molecular weight is 298 g/mol. The quantitative estimate of drug-likeness (QED) is 0.731. The third-order valence-electron chi connectivity index (χ3n) is 2.98. The Hall–Kier alpha value is -1.27. The van der Waals surface area contributed by atoms with Crippen molar-refractivity contribution in [3.8, 4) is 5.75 Å². The summed E-state index contributed by atoms with van der Waals surface area (Å²) in [5, 5.41) is 3.19. The second-order valence-electron chi connectivity index (χ2n) is 5.02. The smallest absolute Gasteiger partial charge is 0.233 e. The maximum Gasteiger partial charge on any atom is 0.233 e. The van der Waals surface area contributed by atoms with Gasteiger partial charge in [0.2, 0.25) is 10.0 Å². The van der Waals surface area contributed by atoms with E-state index >= 15 is 0 Å². The van der Waals surface area contributed by atoms with Crippen molar-refractivity contribution >= 4 is 15.7 Å². The molecule has 0 unspecified atom stereocenters. The predicted molar refractivity (Wildman–Crippen MR) is 80.7 cm³/mol. The lowest BCUT2D eigenvalue weighted by atomic mass is 10.3. The molecule has 1 aliphatic rings. The van der Waals surface area contributed by atoms with Gasteiger partial charge < -0.3 is 10.1 Å². The van der Waals surface area contributed by atoms with Crippen LogP contribution >= 0.6 is 0 Å². The van der Waals surface area contributed by atoms with Crippen LogP contribution in [0.3, 0.4) is 0 Å². The van der Waals surface area contributed by atoms with Crippen LogP contribution in [0.15, 0.2) is 24.3 Å². The SMILES string of the molecule is CCCOc1ccc(NS(=O)(=O)CCNC2CC2)cc1. The number of benzene rings is 1. The van der Waals surface area contributed by atoms with E-state index < -0.39 is 10.0 Å². The van der Waals surface area contributed by atoms with E-state index in [0.29, 0.717) is 24.9 Å². The summed E-state index contributed by atoms with van der Waals surface area (Å²) in [4.78, 5) is 0. The molecule has 1 saturated carbocycles. The molecule has 112 valence electrons. The average Bonchev–Trinajstić information content (AvgIpc) is 3.21. The summed E-state index contributed by atoms with van der Waals surface area (Å²) in [6.45, 7) is 3.20. The Kier molecular flexibility index (Phi) is 5.25. The van der Waals surface area contributed by atoms with Crippen molar-refractivity contribution in [1.82, 2.24) is 5.32 Å². The van der Waals surface area contributed by atoms with E-state index in [-0.39, 0.29) is 5.75 Å². The van der Waals surface area contributed by atoms with Crippen LogP contribution in [0.5, 0.6) is 5.75 Å². The first kappa shape index (κ1) is 15.1. The summed E-state index contributed by atoms with van der Waals surface area (Å²) in [6.07, 6.45) is 3.27. The third-order valence-corrected chi connectivity index (χ3v) is 4.27. The van der Waals surface area contributed by atoms with Crippen LogP contribution in [-0.4, -0.2) is 33.4 Å². The van der Waals surface area contributed by atoms with E-state index in [4.69, 9.17) is 4.74 Å². The minimum atomic E-state index is -3.29. The van der Waals surface area contributed by atoms with Gasteiger partial charge in [0.05, 0.1) is 12.4 Å². The summed E-state index contributed by atoms with van der Waals surface area (Å²) < 4.78 is 31.8. The molecule has 0 aliphatic heterocycles. The van der Waals surface area contributed by atoms with Crippen LogP contribution in [0.4, 0.5) is 5.69 Å². The largest absolute Gasteiger partial charge is 0.494 e. The monoisotopic (exact) mass is 298 g/mol. The van der Waals surface area contributed by atoms with E-state index in [1.807, 2.05) is 6.92 Å². The zero-order valence-electron chi connectivity index (χ0n) is 11.8. The molecule has 2 rings (SSSR count). The number of hydrogen-bond donors (Lipinski definition) is 2. The van der Waals surface area contributed by atoms with Gasteiger partial charge in [0.1, 0.15) is 5.75 Å². The van der Waals surface area contributed by atoms with Gasteiger partial charge in [0.15, 0.2) is 0 Å². The molecule has 0 radical (unpaired) electrons. The maximum absolute atomic E-state index is 11.9. The van der Waals surface area contributed by atoms with Gasteiger partial charge in [-0.1, -0.05) is 6.92 Å². The molecular weight excluding hydrogens is 276 g/mol. The molecule has 2 N–H and O–H groups in total. The van der Waals surface area contributed by atoms with Crippen molar-refractivity contribution < 1.29 is 13.2 Å². The molecule has 0 aromatic heterocycles. The van der Waals surface area contributed by atoms with Crippen molar-refractivity contribution in [2.24, 2.45) is 0 Å². The number of sulfonamides is 1. The first-order valence-electron chi connectivity index (χ1n) is 7.06. The normalized spacial score (nSPS) is 15.1. The molecule has 0 saturated heterocycles. The molecule has 6 heteroatoms. The number of anilines is 1. The van der Waals surface area contributed by atoms with Gasteiger partial charge >= 0.3 is 0 Å². The minimum absolute atomic E-state index is 0.0948. The van der Waals surface area contributed by atoms with Crippen molar-refractivity contribution in [2.75, 3.05) is 23.6 Å². The van der Waals surface area contributed by atoms with Crippen LogP contribution < -0.4 is 14.8 Å². The lowest BCUT2D eigenvalue weighted by Gasteiger charge is -2.09. The summed E-state index contributed by atoms with van der Waals surface area (Å²) in [7, 11) is -3.29. The lowest BCUT2D eigenvalue weighted by Crippen LogP contribution is -2.27. The molecule has 1 aromatic rings. The maximum atomic E-state index is 11.9. The van der Waals surface area contributed by atoms with E-state index in [0.717, 1.165) is 25.0 Å². The molecule has 1 fully saturated rings. The van der Waals surface area contributed by atoms with Crippen LogP contribution in [0, 0.1) is 0 Å². The molecule has 0 atom stereocenters. The molecule has 1 aliphatic carbocycles. The highest BCUT2D eigenvalue weighted by Gasteiger charge is 2.21. The van der Waals surface area contributed by atoms with E-state index in [9.17, 15) is 8.42 Å². The van der Waals surface area contributed by atoms with Crippen LogP contribution in [-0.2, 0) is 10.0 Å². The molecular formula is C14H22N2O3S. The van der Waals surface area contributed by atoms with Gasteiger partial charge in [-0.05, 0) is 43.5 Å². The van der Waals surface area contributed by atoms with Crippen LogP contribution in [0.2, 0.25) is 0 Å². The van der Waals surface area contributed by atoms with Gasteiger partial charge in [0.25, 0.3) is 0 Å². The van der Waals surface area contributed by atoms with Crippen molar-refractivity contribution in [1.29, 1.82) is 0 Å². The van der Waals surface area contributed by atoms with Gasteiger partial charge in [-0.15, -0.1) is 0 Å². The molecule has 0 amide bonds. The van der Waals surface area contributed by atoms with Gasteiger partial charge in [-0.2, -0.15) is 0 Å². The second-order valence-corrected chi connectivity index (χ2v) is 6.86. The fourth-order valence-corrected chi connectivity index (χ4v) is 2.74. The molecule has 5 nitrogen and oxygen atoms in total. The summed E-state index contributed by atoms with van der Waals surface area (Å²) >= 11 is 0. The summed E-state index contributed by atoms with van der Waals surface area (Å²) in [5.74, 6) is 0.850. The van der Waals surface area contributed by atoms with Crippen molar-refractivity contribution in [3.63, 3.8) is 0 Å². The van der Waals surface area contributed by atoms with Crippen LogP contribution in [0.25, 0.3) is 0 Å². The fraction of sp³-hybridized carbons (Fsp3) is 0.571. The van der Waals surface area contributed by atoms with E-state index in [1.165, 1.54) is 0 Å². The van der Waals surface area contributed by atoms with Crippen LogP contribution in [0.1, 0.15) is 26.2 Å². The topological polar surface area (TPSA) is 67.4 Å². The number of rotatable bonds is 9. The Morgan fingerprint density at radius 1 is 1.25 bits per heavy atom. The Bertz CT molecular complexity index is 510. The van der Waals surface area contributed by atoms with Crippen molar-refractivity contribution in [3.05, 3.63) is 24.3 Å². The summed E-state index contributed by atoms with van der Waals surface area (Å²) in [6, 6.07) is 7.51. The van der Waals surface area contributed by atoms with Crippen molar-refractivity contribution in [2.45, 2.75) is 32.2 Å².